The molecule has 0 saturated heterocycles. The van der Waals surface area contributed by atoms with Crippen LogP contribution in [-0.2, 0) is 9.59 Å². The second-order valence-electron chi connectivity index (χ2n) is 5.00. The van der Waals surface area contributed by atoms with Crippen LogP contribution in [0.15, 0.2) is 5.38 Å². The van der Waals surface area contributed by atoms with Crippen LogP contribution in [0, 0.1) is 11.8 Å². The van der Waals surface area contributed by atoms with E-state index in [9.17, 15) is 14.4 Å². The predicted molar refractivity (Wildman–Crippen MR) is 75.6 cm³/mol. The summed E-state index contributed by atoms with van der Waals surface area (Å²) in [7, 11) is 0. The van der Waals surface area contributed by atoms with Crippen molar-refractivity contribution in [3.8, 4) is 0 Å². The molecular weight excluding hydrogens is 278 g/mol. The van der Waals surface area contributed by atoms with E-state index >= 15 is 0 Å². The number of carbonyl (C=O) groups is 3. The van der Waals surface area contributed by atoms with Gasteiger partial charge in [0.25, 0.3) is 0 Å². The molecule has 108 valence electrons. The highest BCUT2D eigenvalue weighted by Crippen LogP contribution is 2.37. The highest BCUT2D eigenvalue weighted by molar-refractivity contribution is 7.14. The second kappa shape index (κ2) is 6.13. The van der Waals surface area contributed by atoms with Gasteiger partial charge in [0, 0.05) is 31.2 Å². The van der Waals surface area contributed by atoms with E-state index < -0.39 is 0 Å². The van der Waals surface area contributed by atoms with Gasteiger partial charge < -0.3 is 10.6 Å². The van der Waals surface area contributed by atoms with Crippen LogP contribution >= 0.6 is 11.3 Å². The third kappa shape index (κ3) is 3.86. The standard InChI is InChI=1S/C13H17N3O3S/c1-7-5-9(7)12(19)14-4-3-11(18)16-13-15-10(6-20-13)8(2)17/h6-7,9H,3-5H2,1-2H3,(H,14,19)(H,15,16,18)/t7-,9-/m0/s1. The molecule has 0 bridgehead atoms. The van der Waals surface area contributed by atoms with E-state index in [0.717, 1.165) is 6.42 Å². The van der Waals surface area contributed by atoms with Crippen molar-refractivity contribution < 1.29 is 14.4 Å². The minimum atomic E-state index is -0.224. The van der Waals surface area contributed by atoms with Crippen LogP contribution in [0.25, 0.3) is 0 Å². The summed E-state index contributed by atoms with van der Waals surface area (Å²) in [5.41, 5.74) is 0.348. The predicted octanol–water partition coefficient (Wildman–Crippen LogP) is 1.45. The second-order valence-corrected chi connectivity index (χ2v) is 5.86. The van der Waals surface area contributed by atoms with E-state index in [1.165, 1.54) is 18.3 Å². The maximum Gasteiger partial charge on any atom is 0.227 e. The van der Waals surface area contributed by atoms with Crippen molar-refractivity contribution in [3.05, 3.63) is 11.1 Å². The van der Waals surface area contributed by atoms with Crippen LogP contribution in [-0.4, -0.2) is 29.1 Å². The number of nitrogens with one attached hydrogen (secondary N) is 2. The number of thiazole rings is 1. The fourth-order valence-corrected chi connectivity index (χ4v) is 2.56. The number of nitrogens with zero attached hydrogens (tertiary/aromatic N) is 1. The van der Waals surface area contributed by atoms with Crippen molar-refractivity contribution >= 4 is 34.1 Å². The minimum Gasteiger partial charge on any atom is -0.355 e. The van der Waals surface area contributed by atoms with Gasteiger partial charge in [0.15, 0.2) is 10.9 Å². The summed E-state index contributed by atoms with van der Waals surface area (Å²) in [6.07, 6.45) is 1.13. The van der Waals surface area contributed by atoms with Gasteiger partial charge in [-0.1, -0.05) is 6.92 Å². The van der Waals surface area contributed by atoms with E-state index in [0.29, 0.717) is 23.3 Å². The molecule has 2 N–H and O–H groups in total. The zero-order chi connectivity index (χ0) is 14.7. The number of anilines is 1. The summed E-state index contributed by atoms with van der Waals surface area (Å²) in [4.78, 5) is 38.2. The molecule has 6 nitrogen and oxygen atoms in total. The lowest BCUT2D eigenvalue weighted by atomic mass is 10.3. The van der Waals surface area contributed by atoms with Crippen molar-refractivity contribution in [1.82, 2.24) is 10.3 Å². The minimum absolute atomic E-state index is 0.0263. The van der Waals surface area contributed by atoms with Crippen molar-refractivity contribution in [2.45, 2.75) is 26.7 Å². The van der Waals surface area contributed by atoms with Gasteiger partial charge in [-0.2, -0.15) is 0 Å². The molecule has 1 saturated carbocycles. The van der Waals surface area contributed by atoms with Crippen molar-refractivity contribution in [1.29, 1.82) is 0 Å². The topological polar surface area (TPSA) is 88.2 Å². The van der Waals surface area contributed by atoms with Crippen LogP contribution in [0.1, 0.15) is 37.2 Å². The molecule has 7 heteroatoms. The van der Waals surface area contributed by atoms with Crippen LogP contribution < -0.4 is 10.6 Å². The first-order chi connectivity index (χ1) is 9.47. The Bertz CT molecular complexity index is 541. The average Bonchev–Trinajstić information content (AvgIpc) is 2.92. The number of carbonyl (C=O) groups excluding carboxylic acids is 3. The van der Waals surface area contributed by atoms with Crippen molar-refractivity contribution in [2.24, 2.45) is 11.8 Å². The molecule has 1 aromatic rings. The summed E-state index contributed by atoms with van der Waals surface area (Å²) < 4.78 is 0. The molecular formula is C13H17N3O3S. The monoisotopic (exact) mass is 295 g/mol. The van der Waals surface area contributed by atoms with Gasteiger partial charge in [-0.25, -0.2) is 4.98 Å². The third-order valence-corrected chi connectivity index (χ3v) is 3.97. The lowest BCUT2D eigenvalue weighted by Gasteiger charge is -2.04. The molecule has 1 fully saturated rings. The Labute approximate surface area is 121 Å². The van der Waals surface area contributed by atoms with Crippen LogP contribution in [0.5, 0.6) is 0 Å². The summed E-state index contributed by atoms with van der Waals surface area (Å²) >= 11 is 1.21. The molecule has 2 amide bonds. The summed E-state index contributed by atoms with van der Waals surface area (Å²) in [6.45, 7) is 3.78. The van der Waals surface area contributed by atoms with E-state index in [4.69, 9.17) is 0 Å². The average molecular weight is 295 g/mol. The molecule has 0 unspecified atom stereocenters. The van der Waals surface area contributed by atoms with E-state index in [-0.39, 0.29) is 29.9 Å². The number of rotatable bonds is 6. The highest BCUT2D eigenvalue weighted by Gasteiger charge is 2.38. The highest BCUT2D eigenvalue weighted by atomic mass is 32.1. The Kier molecular flexibility index (Phi) is 4.49. The molecule has 1 heterocycles. The number of aromatic nitrogens is 1. The molecule has 0 aromatic carbocycles. The quantitative estimate of drug-likeness (QED) is 0.777. The molecule has 20 heavy (non-hydrogen) atoms. The summed E-state index contributed by atoms with van der Waals surface area (Å²) in [6, 6.07) is 0. The fourth-order valence-electron chi connectivity index (χ4n) is 1.79. The molecule has 1 aliphatic carbocycles. The first-order valence-electron chi connectivity index (χ1n) is 6.51. The van der Waals surface area contributed by atoms with Gasteiger partial charge in [-0.05, 0) is 12.3 Å². The lowest BCUT2D eigenvalue weighted by molar-refractivity contribution is -0.122. The third-order valence-electron chi connectivity index (χ3n) is 3.21. The SMILES string of the molecule is CC(=O)c1csc(NC(=O)CCNC(=O)[C@H]2C[C@@H]2C)n1. The Balaban J connectivity index is 1.69. The van der Waals surface area contributed by atoms with Gasteiger partial charge in [0.2, 0.25) is 11.8 Å². The van der Waals surface area contributed by atoms with Crippen LogP contribution in [0.3, 0.4) is 0 Å². The van der Waals surface area contributed by atoms with Gasteiger partial charge >= 0.3 is 0 Å². The van der Waals surface area contributed by atoms with Crippen molar-refractivity contribution in [2.75, 3.05) is 11.9 Å². The molecule has 1 aliphatic rings. The van der Waals surface area contributed by atoms with Gasteiger partial charge in [0.1, 0.15) is 5.69 Å². The first-order valence-corrected chi connectivity index (χ1v) is 7.39. The summed E-state index contributed by atoms with van der Waals surface area (Å²) in [5.74, 6) is 0.254. The van der Waals surface area contributed by atoms with E-state index in [1.54, 1.807) is 5.38 Å². The Morgan fingerprint density at radius 2 is 2.15 bits per heavy atom. The van der Waals surface area contributed by atoms with Gasteiger partial charge in [-0.15, -0.1) is 11.3 Å². The van der Waals surface area contributed by atoms with Crippen LogP contribution in [0.2, 0.25) is 0 Å². The Morgan fingerprint density at radius 1 is 1.45 bits per heavy atom. The van der Waals surface area contributed by atoms with E-state index in [2.05, 4.69) is 15.6 Å². The fraction of sp³-hybridized carbons (Fsp3) is 0.538. The normalized spacial score (nSPS) is 20.3. The van der Waals surface area contributed by atoms with Gasteiger partial charge in [-0.3, -0.25) is 14.4 Å². The lowest BCUT2D eigenvalue weighted by Crippen LogP contribution is -2.29. The maximum absolute atomic E-state index is 11.6. The maximum atomic E-state index is 11.6. The Hall–Kier alpha value is -1.76. The molecule has 2 atom stereocenters. The van der Waals surface area contributed by atoms with Gasteiger partial charge in [0.05, 0.1) is 0 Å². The molecule has 0 aliphatic heterocycles. The summed E-state index contributed by atoms with van der Waals surface area (Å²) in [5, 5.41) is 7.36. The largest absolute Gasteiger partial charge is 0.355 e. The zero-order valence-corrected chi connectivity index (χ0v) is 12.3. The smallest absolute Gasteiger partial charge is 0.227 e. The molecule has 1 aromatic heterocycles. The first kappa shape index (κ1) is 14.6. The number of amides is 2. The molecule has 2 rings (SSSR count). The number of hydrogen-bond donors (Lipinski definition) is 2. The Morgan fingerprint density at radius 3 is 2.70 bits per heavy atom. The van der Waals surface area contributed by atoms with E-state index in [1.807, 2.05) is 6.92 Å². The molecule has 0 radical (unpaired) electrons. The molecule has 0 spiro atoms. The number of ketones is 1. The zero-order valence-electron chi connectivity index (χ0n) is 11.4. The van der Waals surface area contributed by atoms with Crippen molar-refractivity contribution in [3.63, 3.8) is 0 Å². The number of Topliss-reactive ketones (excluding diaryl/α,β-unsaturated/α-hetero) is 1. The van der Waals surface area contributed by atoms with Crippen LogP contribution in [0.4, 0.5) is 5.13 Å². The number of hydrogen-bond acceptors (Lipinski definition) is 5.